The van der Waals surface area contributed by atoms with Crippen molar-refractivity contribution in [3.8, 4) is 11.5 Å². The van der Waals surface area contributed by atoms with E-state index in [1.807, 2.05) is 13.8 Å². The highest BCUT2D eigenvalue weighted by molar-refractivity contribution is 6.30. The minimum atomic E-state index is 0.479. The first-order chi connectivity index (χ1) is 7.72. The van der Waals surface area contributed by atoms with Gasteiger partial charge in [-0.2, -0.15) is 0 Å². The van der Waals surface area contributed by atoms with Crippen LogP contribution in [0.2, 0.25) is 5.15 Å². The lowest BCUT2D eigenvalue weighted by molar-refractivity contribution is 0.968. The fourth-order valence-electron chi connectivity index (χ4n) is 1.41. The fourth-order valence-corrected chi connectivity index (χ4v) is 1.60. The molecule has 0 unspecified atom stereocenters. The first kappa shape index (κ1) is 11.0. The molecule has 0 aliphatic carbocycles. The van der Waals surface area contributed by atoms with Crippen LogP contribution in [0.4, 0.5) is 0 Å². The van der Waals surface area contributed by atoms with Gasteiger partial charge in [0.1, 0.15) is 10.8 Å². The molecule has 0 radical (unpaired) electrons. The summed E-state index contributed by atoms with van der Waals surface area (Å²) >= 11 is 6.05. The summed E-state index contributed by atoms with van der Waals surface area (Å²) in [5.74, 6) is 0.528. The summed E-state index contributed by atoms with van der Waals surface area (Å²) in [6.07, 6.45) is 5.67. The second-order valence-electron chi connectivity index (χ2n) is 3.35. The van der Waals surface area contributed by atoms with Crippen LogP contribution in [0.3, 0.4) is 0 Å². The summed E-state index contributed by atoms with van der Waals surface area (Å²) in [4.78, 5) is 16.8. The number of halogens is 1. The molecule has 0 spiro atoms. The smallest absolute Gasteiger partial charge is 0.181 e. The quantitative estimate of drug-likeness (QED) is 0.749. The number of aryl methyl sites for hydroxylation is 1. The topological polar surface area (TPSA) is 51.6 Å². The summed E-state index contributed by atoms with van der Waals surface area (Å²) in [6, 6.07) is 0. The monoisotopic (exact) mass is 234 g/mol. The van der Waals surface area contributed by atoms with E-state index < -0.39 is 0 Å². The third-order valence-corrected chi connectivity index (χ3v) is 2.68. The van der Waals surface area contributed by atoms with E-state index in [-0.39, 0.29) is 0 Å². The van der Waals surface area contributed by atoms with Gasteiger partial charge in [0.05, 0.1) is 6.20 Å². The maximum Gasteiger partial charge on any atom is 0.181 e. The zero-order chi connectivity index (χ0) is 11.5. The van der Waals surface area contributed by atoms with E-state index in [1.54, 1.807) is 18.6 Å². The summed E-state index contributed by atoms with van der Waals surface area (Å²) in [5, 5.41) is 0.479. The van der Waals surface area contributed by atoms with Crippen molar-refractivity contribution in [1.29, 1.82) is 0 Å². The van der Waals surface area contributed by atoms with Gasteiger partial charge in [0.15, 0.2) is 5.82 Å². The molecular formula is C11H11ClN4. The minimum Gasteiger partial charge on any atom is -0.261 e. The normalized spacial score (nSPS) is 10.4. The van der Waals surface area contributed by atoms with Gasteiger partial charge >= 0.3 is 0 Å². The fraction of sp³-hybridized carbons (Fsp3) is 0.273. The number of nitrogens with zero attached hydrogens (tertiary/aromatic N) is 4. The summed E-state index contributed by atoms with van der Waals surface area (Å²) in [6.45, 7) is 3.95. The Morgan fingerprint density at radius 1 is 1.25 bits per heavy atom. The lowest BCUT2D eigenvalue weighted by Gasteiger charge is -2.06. The van der Waals surface area contributed by atoms with E-state index in [0.717, 1.165) is 17.7 Å². The highest BCUT2D eigenvalue weighted by Crippen LogP contribution is 2.20. The molecule has 0 atom stereocenters. The van der Waals surface area contributed by atoms with Crippen molar-refractivity contribution in [2.45, 2.75) is 20.3 Å². The van der Waals surface area contributed by atoms with Crippen molar-refractivity contribution in [3.63, 3.8) is 0 Å². The summed E-state index contributed by atoms with van der Waals surface area (Å²) < 4.78 is 0. The van der Waals surface area contributed by atoms with Crippen LogP contribution < -0.4 is 0 Å². The van der Waals surface area contributed by atoms with Crippen LogP contribution in [0.25, 0.3) is 11.5 Å². The predicted molar refractivity (Wildman–Crippen MR) is 62.2 cm³/mol. The van der Waals surface area contributed by atoms with Gasteiger partial charge in [0.2, 0.25) is 0 Å². The maximum absolute atomic E-state index is 6.05. The maximum atomic E-state index is 6.05. The Hall–Kier alpha value is -1.55. The summed E-state index contributed by atoms with van der Waals surface area (Å²) in [5.41, 5.74) is 2.51. The van der Waals surface area contributed by atoms with E-state index in [2.05, 4.69) is 19.9 Å². The Morgan fingerprint density at radius 3 is 2.69 bits per heavy atom. The summed E-state index contributed by atoms with van der Waals surface area (Å²) in [7, 11) is 0. The Kier molecular flexibility index (Phi) is 3.10. The number of hydrogen-bond donors (Lipinski definition) is 0. The number of rotatable bonds is 2. The Morgan fingerprint density at radius 2 is 2.06 bits per heavy atom. The first-order valence-corrected chi connectivity index (χ1v) is 5.39. The second kappa shape index (κ2) is 4.53. The number of hydrogen-bond acceptors (Lipinski definition) is 4. The van der Waals surface area contributed by atoms with Crippen molar-refractivity contribution in [2.24, 2.45) is 0 Å². The molecule has 0 bridgehead atoms. The average molecular weight is 235 g/mol. The lowest BCUT2D eigenvalue weighted by Crippen LogP contribution is -2.00. The van der Waals surface area contributed by atoms with Gasteiger partial charge in [0, 0.05) is 23.7 Å². The van der Waals surface area contributed by atoms with Crippen molar-refractivity contribution < 1.29 is 0 Å². The average Bonchev–Trinajstić information content (AvgIpc) is 2.33. The second-order valence-corrected chi connectivity index (χ2v) is 3.71. The molecule has 0 saturated heterocycles. The Labute approximate surface area is 98.8 Å². The largest absolute Gasteiger partial charge is 0.261 e. The third-order valence-electron chi connectivity index (χ3n) is 2.31. The van der Waals surface area contributed by atoms with E-state index >= 15 is 0 Å². The van der Waals surface area contributed by atoms with Gasteiger partial charge in [-0.1, -0.05) is 18.5 Å². The molecule has 82 valence electrons. The van der Waals surface area contributed by atoms with Gasteiger partial charge < -0.3 is 0 Å². The standard InChI is InChI=1S/C11H11ClN4/c1-3-8-7(2)10(12)16-11(15-8)9-6-13-4-5-14-9/h4-6H,3H2,1-2H3. The molecule has 2 aromatic heterocycles. The molecule has 4 nitrogen and oxygen atoms in total. The van der Waals surface area contributed by atoms with Gasteiger partial charge in [-0.15, -0.1) is 0 Å². The molecule has 0 aromatic carbocycles. The molecule has 2 rings (SSSR count). The third kappa shape index (κ3) is 2.02. The molecule has 0 fully saturated rings. The van der Waals surface area contributed by atoms with Crippen LogP contribution in [0, 0.1) is 6.92 Å². The molecular weight excluding hydrogens is 224 g/mol. The predicted octanol–water partition coefficient (Wildman–Crippen LogP) is 2.46. The molecule has 0 aliphatic heterocycles. The first-order valence-electron chi connectivity index (χ1n) is 5.01. The Balaban J connectivity index is 2.55. The van der Waals surface area contributed by atoms with Crippen LogP contribution in [0.1, 0.15) is 18.2 Å². The molecule has 5 heteroatoms. The highest BCUT2D eigenvalue weighted by Gasteiger charge is 2.10. The van der Waals surface area contributed by atoms with Crippen molar-refractivity contribution in [1.82, 2.24) is 19.9 Å². The van der Waals surface area contributed by atoms with E-state index in [4.69, 9.17) is 11.6 Å². The molecule has 0 amide bonds. The lowest BCUT2D eigenvalue weighted by atomic mass is 10.2. The van der Waals surface area contributed by atoms with Crippen LogP contribution in [-0.4, -0.2) is 19.9 Å². The minimum absolute atomic E-state index is 0.479. The molecule has 0 saturated carbocycles. The van der Waals surface area contributed by atoms with Crippen LogP contribution in [0.15, 0.2) is 18.6 Å². The van der Waals surface area contributed by atoms with Gasteiger partial charge in [-0.3, -0.25) is 4.98 Å². The molecule has 2 heterocycles. The van der Waals surface area contributed by atoms with E-state index in [9.17, 15) is 0 Å². The molecule has 2 aromatic rings. The highest BCUT2D eigenvalue weighted by atomic mass is 35.5. The van der Waals surface area contributed by atoms with Gasteiger partial charge in [-0.25, -0.2) is 15.0 Å². The van der Waals surface area contributed by atoms with Crippen molar-refractivity contribution in [3.05, 3.63) is 35.0 Å². The van der Waals surface area contributed by atoms with Crippen LogP contribution in [0.5, 0.6) is 0 Å². The zero-order valence-corrected chi connectivity index (χ0v) is 9.86. The van der Waals surface area contributed by atoms with E-state index in [0.29, 0.717) is 16.7 Å². The van der Waals surface area contributed by atoms with Crippen LogP contribution in [-0.2, 0) is 6.42 Å². The molecule has 0 N–H and O–H groups in total. The number of aromatic nitrogens is 4. The van der Waals surface area contributed by atoms with Crippen molar-refractivity contribution in [2.75, 3.05) is 0 Å². The Bertz CT molecular complexity index is 499. The van der Waals surface area contributed by atoms with E-state index in [1.165, 1.54) is 0 Å². The van der Waals surface area contributed by atoms with Crippen LogP contribution >= 0.6 is 11.6 Å². The van der Waals surface area contributed by atoms with Gasteiger partial charge in [0.25, 0.3) is 0 Å². The zero-order valence-electron chi connectivity index (χ0n) is 9.11. The van der Waals surface area contributed by atoms with Crippen molar-refractivity contribution >= 4 is 11.6 Å². The van der Waals surface area contributed by atoms with Gasteiger partial charge in [-0.05, 0) is 13.3 Å². The SMILES string of the molecule is CCc1nc(-c2cnccn2)nc(Cl)c1C. The molecule has 16 heavy (non-hydrogen) atoms. The molecule has 0 aliphatic rings.